The Balaban J connectivity index is 1.48. The summed E-state index contributed by atoms with van der Waals surface area (Å²) in [6.07, 6.45) is 1.27. The van der Waals surface area contributed by atoms with Crippen molar-refractivity contribution in [1.29, 1.82) is 0 Å². The first-order chi connectivity index (χ1) is 15.2. The lowest BCUT2D eigenvalue weighted by atomic mass is 10.0. The molecule has 0 bridgehead atoms. The Kier molecular flexibility index (Phi) is 5.00. The highest BCUT2D eigenvalue weighted by Gasteiger charge is 2.42. The first-order valence-corrected chi connectivity index (χ1v) is 10.5. The van der Waals surface area contributed by atoms with Crippen molar-refractivity contribution in [3.8, 4) is 5.75 Å². The Hall–Kier alpha value is -3.86. The molecule has 0 spiro atoms. The molecule has 1 atom stereocenters. The van der Waals surface area contributed by atoms with Crippen LogP contribution in [0.15, 0.2) is 96.4 Å². The number of benzene rings is 3. The van der Waals surface area contributed by atoms with Crippen molar-refractivity contribution in [2.75, 3.05) is 6.54 Å². The third-order valence-corrected chi connectivity index (χ3v) is 5.77. The van der Waals surface area contributed by atoms with Gasteiger partial charge in [-0.25, -0.2) is 4.99 Å². The van der Waals surface area contributed by atoms with Crippen LogP contribution in [0.4, 0.5) is 0 Å². The predicted molar refractivity (Wildman–Crippen MR) is 119 cm³/mol. The molecule has 3 aromatic rings. The van der Waals surface area contributed by atoms with Crippen LogP contribution in [0.2, 0.25) is 0 Å². The maximum absolute atomic E-state index is 13.3. The van der Waals surface area contributed by atoms with E-state index in [0.717, 1.165) is 28.4 Å². The number of fused-ring (bicyclic) bond motifs is 1. The minimum atomic E-state index is -0.331. The largest absolute Gasteiger partial charge is 0.508 e. The summed E-state index contributed by atoms with van der Waals surface area (Å²) in [7, 11) is 0. The molecule has 154 valence electrons. The van der Waals surface area contributed by atoms with Crippen LogP contribution in [0, 0.1) is 0 Å². The van der Waals surface area contributed by atoms with Crippen molar-refractivity contribution in [1.82, 2.24) is 10.2 Å². The van der Waals surface area contributed by atoms with Gasteiger partial charge in [0.15, 0.2) is 5.82 Å². The number of rotatable bonds is 5. The lowest BCUT2D eigenvalue weighted by Gasteiger charge is -2.20. The van der Waals surface area contributed by atoms with Gasteiger partial charge in [0.2, 0.25) is 11.4 Å². The number of aromatic hydroxyl groups is 1. The van der Waals surface area contributed by atoms with E-state index < -0.39 is 0 Å². The van der Waals surface area contributed by atoms with Crippen molar-refractivity contribution in [2.24, 2.45) is 0 Å². The van der Waals surface area contributed by atoms with E-state index in [1.807, 2.05) is 53.4 Å². The quantitative estimate of drug-likeness (QED) is 0.600. The first kappa shape index (κ1) is 19.1. The second kappa shape index (κ2) is 8.11. The smallest absolute Gasteiger partial charge is 0.251 e. The van der Waals surface area contributed by atoms with Gasteiger partial charge in [0, 0.05) is 12.0 Å². The monoisotopic (exact) mass is 410 g/mol. The summed E-state index contributed by atoms with van der Waals surface area (Å²) < 4.78 is 0. The van der Waals surface area contributed by atoms with Crippen molar-refractivity contribution < 1.29 is 14.9 Å². The fourth-order valence-electron chi connectivity index (χ4n) is 4.19. The van der Waals surface area contributed by atoms with Crippen molar-refractivity contribution >= 4 is 11.6 Å². The van der Waals surface area contributed by atoms with Gasteiger partial charge >= 0.3 is 0 Å². The van der Waals surface area contributed by atoms with Crippen molar-refractivity contribution in [2.45, 2.75) is 18.9 Å². The van der Waals surface area contributed by atoms with E-state index in [9.17, 15) is 9.90 Å². The molecule has 31 heavy (non-hydrogen) atoms. The molecule has 2 aliphatic rings. The molecule has 0 aromatic heterocycles. The fourth-order valence-corrected chi connectivity index (χ4v) is 4.19. The number of hydrogen-bond acceptors (Lipinski definition) is 3. The average Bonchev–Trinajstić information content (AvgIpc) is 3.12. The molecular formula is C26H24N3O2+. The first-order valence-electron chi connectivity index (χ1n) is 10.5. The second-order valence-electron chi connectivity index (χ2n) is 7.95. The van der Waals surface area contributed by atoms with Gasteiger partial charge in [-0.3, -0.25) is 9.69 Å². The molecule has 2 heterocycles. The highest BCUT2D eigenvalue weighted by Crippen LogP contribution is 2.23. The van der Waals surface area contributed by atoms with Crippen LogP contribution in [-0.4, -0.2) is 34.2 Å². The van der Waals surface area contributed by atoms with Gasteiger partial charge in [0.25, 0.3) is 5.91 Å². The second-order valence-corrected chi connectivity index (χ2v) is 7.95. The Morgan fingerprint density at radius 3 is 2.29 bits per heavy atom. The van der Waals surface area contributed by atoms with E-state index in [1.54, 1.807) is 12.1 Å². The Bertz CT molecular complexity index is 1150. The predicted octanol–water partition coefficient (Wildman–Crippen LogP) is 1.73. The standard InChI is InChI=1S/C26H23N3O2/c30-21-13-11-19(12-14-21)16-23-26(31)29-17-24(20-9-5-2-6-10-20)27-22(25(29)28-23)15-18-7-3-1-4-8-18/h1-14,23,28,30H,15-17H2/p+1. The third kappa shape index (κ3) is 3.94. The fraction of sp³-hybridized carbons (Fsp3) is 0.154. The molecule has 0 radical (unpaired) electrons. The van der Waals surface area contributed by atoms with E-state index >= 15 is 0 Å². The summed E-state index contributed by atoms with van der Waals surface area (Å²) in [5.41, 5.74) is 5.30. The van der Waals surface area contributed by atoms with E-state index in [1.165, 1.54) is 5.56 Å². The molecular weight excluding hydrogens is 386 g/mol. The summed E-state index contributed by atoms with van der Waals surface area (Å²) >= 11 is 0. The van der Waals surface area contributed by atoms with Gasteiger partial charge in [-0.15, -0.1) is 0 Å². The average molecular weight is 410 g/mol. The van der Waals surface area contributed by atoms with Crippen LogP contribution in [0.25, 0.3) is 0 Å². The lowest BCUT2D eigenvalue weighted by Crippen LogP contribution is -2.76. The van der Waals surface area contributed by atoms with E-state index in [4.69, 9.17) is 0 Å². The highest BCUT2D eigenvalue weighted by molar-refractivity contribution is 6.01. The molecule has 1 saturated heterocycles. The van der Waals surface area contributed by atoms with Crippen LogP contribution >= 0.6 is 0 Å². The zero-order chi connectivity index (χ0) is 21.2. The van der Waals surface area contributed by atoms with Gasteiger partial charge in [-0.1, -0.05) is 60.7 Å². The summed E-state index contributed by atoms with van der Waals surface area (Å²) in [5, 5.41) is 13.0. The molecule has 2 aliphatic heterocycles. The van der Waals surface area contributed by atoms with Gasteiger partial charge in [-0.2, -0.15) is 0 Å². The molecule has 3 N–H and O–H groups in total. The summed E-state index contributed by atoms with van der Waals surface area (Å²) in [6.45, 7) is 0.509. The Morgan fingerprint density at radius 1 is 0.903 bits per heavy atom. The van der Waals surface area contributed by atoms with Gasteiger partial charge in [0.05, 0.1) is 6.42 Å². The Morgan fingerprint density at radius 2 is 1.58 bits per heavy atom. The molecule has 5 nitrogen and oxygen atoms in total. The number of carbonyl (C=O) groups is 1. The molecule has 1 amide bonds. The number of allylic oxidation sites excluding steroid dienone is 1. The molecule has 1 fully saturated rings. The topological polar surface area (TPSA) is 66.5 Å². The SMILES string of the molecule is O=C1C(Cc2ccc(O)cc2)NC2=C(Cc3ccccc3)[NH+]=C(c3ccccc3)CN12. The Labute approximate surface area is 181 Å². The minimum absolute atomic E-state index is 0.0727. The summed E-state index contributed by atoms with van der Waals surface area (Å²) in [4.78, 5) is 18.8. The lowest BCUT2D eigenvalue weighted by molar-refractivity contribution is -0.406. The number of amides is 1. The molecule has 1 unspecified atom stereocenters. The molecule has 0 saturated carbocycles. The van der Waals surface area contributed by atoms with Gasteiger partial charge in [-0.05, 0) is 35.4 Å². The highest BCUT2D eigenvalue weighted by atomic mass is 16.3. The van der Waals surface area contributed by atoms with Crippen LogP contribution in [-0.2, 0) is 17.6 Å². The molecule has 5 heteroatoms. The minimum Gasteiger partial charge on any atom is -0.508 e. The zero-order valence-corrected chi connectivity index (χ0v) is 17.1. The van der Waals surface area contributed by atoms with Gasteiger partial charge < -0.3 is 10.4 Å². The van der Waals surface area contributed by atoms with Gasteiger partial charge in [0.1, 0.15) is 18.3 Å². The summed E-state index contributed by atoms with van der Waals surface area (Å²) in [6, 6.07) is 27.1. The molecule has 0 aliphatic carbocycles. The summed E-state index contributed by atoms with van der Waals surface area (Å²) in [5.74, 6) is 1.16. The van der Waals surface area contributed by atoms with E-state index in [-0.39, 0.29) is 17.7 Å². The molecule has 3 aromatic carbocycles. The van der Waals surface area contributed by atoms with E-state index in [0.29, 0.717) is 19.4 Å². The van der Waals surface area contributed by atoms with E-state index in [2.05, 4.69) is 34.6 Å². The molecule has 5 rings (SSSR count). The number of nitrogens with one attached hydrogen (secondary N) is 2. The maximum atomic E-state index is 13.3. The van der Waals surface area contributed by atoms with Crippen LogP contribution in [0.1, 0.15) is 16.7 Å². The zero-order valence-electron chi connectivity index (χ0n) is 17.1. The van der Waals surface area contributed by atoms with Crippen LogP contribution < -0.4 is 10.3 Å². The number of phenols is 1. The van der Waals surface area contributed by atoms with Crippen molar-refractivity contribution in [3.63, 3.8) is 0 Å². The van der Waals surface area contributed by atoms with Crippen molar-refractivity contribution in [3.05, 3.63) is 113 Å². The maximum Gasteiger partial charge on any atom is 0.251 e. The number of phenolic OH excluding ortho intramolecular Hbond substituents is 1. The normalized spacial score (nSPS) is 17.9. The number of hydrogen-bond donors (Lipinski definition) is 3. The third-order valence-electron chi connectivity index (χ3n) is 5.77. The number of carbonyl (C=O) groups excluding carboxylic acids is 1. The van der Waals surface area contributed by atoms with Crippen LogP contribution in [0.5, 0.6) is 5.75 Å². The van der Waals surface area contributed by atoms with Crippen LogP contribution in [0.3, 0.4) is 0 Å². The number of nitrogens with zero attached hydrogens (tertiary/aromatic N) is 1.